The highest BCUT2D eigenvalue weighted by molar-refractivity contribution is 7.90. The third kappa shape index (κ3) is 6.65. The summed E-state index contributed by atoms with van der Waals surface area (Å²) in [5.41, 5.74) is -0.229. The van der Waals surface area contributed by atoms with E-state index in [1.165, 1.54) is 12.7 Å². The summed E-state index contributed by atoms with van der Waals surface area (Å²) in [6.07, 6.45) is 2.41. The number of nitrogens with zero attached hydrogens (tertiary/aromatic N) is 2. The van der Waals surface area contributed by atoms with Gasteiger partial charge in [0.25, 0.3) is 0 Å². The summed E-state index contributed by atoms with van der Waals surface area (Å²) in [6.45, 7) is 12.7. The Hall–Kier alpha value is -0.620. The number of carbonyl (C=O) groups excluding carboxylic acids is 1. The summed E-state index contributed by atoms with van der Waals surface area (Å²) in [6, 6.07) is 0. The smallest absolute Gasteiger partial charge is 0.236 e. The molecule has 0 aromatic rings. The minimum atomic E-state index is -3.02. The zero-order valence-corrected chi connectivity index (χ0v) is 15.7. The van der Waals surface area contributed by atoms with E-state index in [1.807, 2.05) is 30.6 Å². The van der Waals surface area contributed by atoms with Gasteiger partial charge >= 0.3 is 0 Å². The molecule has 22 heavy (non-hydrogen) atoms. The lowest BCUT2D eigenvalue weighted by Gasteiger charge is -2.39. The molecule has 1 aliphatic rings. The topological polar surface area (TPSA) is 57.7 Å². The largest absolute Gasteiger partial charge is 0.341 e. The maximum atomic E-state index is 12.6. The molecule has 2 atom stereocenters. The normalized spacial score (nSPS) is 23.9. The molecule has 0 bridgehead atoms. The van der Waals surface area contributed by atoms with E-state index < -0.39 is 9.84 Å². The Morgan fingerprint density at radius 3 is 2.09 bits per heavy atom. The number of hydrogen-bond acceptors (Lipinski definition) is 4. The van der Waals surface area contributed by atoms with Gasteiger partial charge < -0.3 is 4.90 Å². The molecular weight excluding hydrogens is 300 g/mol. The molecule has 0 aliphatic carbocycles. The van der Waals surface area contributed by atoms with Crippen molar-refractivity contribution in [3.63, 3.8) is 0 Å². The Labute approximate surface area is 136 Å². The van der Waals surface area contributed by atoms with E-state index in [1.54, 1.807) is 0 Å². The Bertz CT molecular complexity index is 472. The number of rotatable bonds is 5. The van der Waals surface area contributed by atoms with E-state index in [9.17, 15) is 13.2 Å². The summed E-state index contributed by atoms with van der Waals surface area (Å²) >= 11 is 0. The number of piperidine rings is 1. The standard InChI is InChI=1S/C16H32N2O3S/c1-13-9-14(2)11-17(10-13)15(19)12-18(16(3,4)5)7-8-22(6,20)21/h13-14H,7-12H2,1-6H3. The first-order valence-electron chi connectivity index (χ1n) is 8.09. The number of amides is 1. The molecular formula is C16H32N2O3S. The SMILES string of the molecule is CC1CC(C)CN(C(=O)CN(CCS(C)(=O)=O)C(C)(C)C)C1. The van der Waals surface area contributed by atoms with Crippen molar-refractivity contribution in [1.82, 2.24) is 9.80 Å². The summed E-state index contributed by atoms with van der Waals surface area (Å²) in [5, 5.41) is 0. The van der Waals surface area contributed by atoms with Crippen LogP contribution in [0.3, 0.4) is 0 Å². The lowest BCUT2D eigenvalue weighted by Crippen LogP contribution is -2.52. The highest BCUT2D eigenvalue weighted by Gasteiger charge is 2.30. The van der Waals surface area contributed by atoms with E-state index in [4.69, 9.17) is 0 Å². The van der Waals surface area contributed by atoms with Gasteiger partial charge in [0, 0.05) is 31.4 Å². The molecule has 1 fully saturated rings. The zero-order valence-electron chi connectivity index (χ0n) is 14.9. The Kier molecular flexibility index (Phi) is 6.45. The Balaban J connectivity index is 2.70. The van der Waals surface area contributed by atoms with Crippen molar-refractivity contribution in [3.05, 3.63) is 0 Å². The van der Waals surface area contributed by atoms with Gasteiger partial charge in [-0.25, -0.2) is 8.42 Å². The van der Waals surface area contributed by atoms with Gasteiger partial charge in [0.05, 0.1) is 12.3 Å². The van der Waals surface area contributed by atoms with Gasteiger partial charge in [-0.1, -0.05) is 13.8 Å². The van der Waals surface area contributed by atoms with E-state index in [2.05, 4.69) is 13.8 Å². The van der Waals surface area contributed by atoms with E-state index in [0.717, 1.165) is 13.1 Å². The first-order valence-corrected chi connectivity index (χ1v) is 10.1. The average molecular weight is 333 g/mol. The number of carbonyl (C=O) groups is 1. The third-order valence-electron chi connectivity index (χ3n) is 4.23. The molecule has 1 rings (SSSR count). The van der Waals surface area contributed by atoms with Crippen molar-refractivity contribution >= 4 is 15.7 Å². The van der Waals surface area contributed by atoms with Crippen LogP contribution in [0.1, 0.15) is 41.0 Å². The van der Waals surface area contributed by atoms with Crippen LogP contribution < -0.4 is 0 Å². The lowest BCUT2D eigenvalue weighted by atomic mass is 9.92. The van der Waals surface area contributed by atoms with Crippen molar-refractivity contribution in [3.8, 4) is 0 Å². The van der Waals surface area contributed by atoms with Crippen LogP contribution in [-0.2, 0) is 14.6 Å². The second kappa shape index (κ2) is 7.30. The van der Waals surface area contributed by atoms with Gasteiger partial charge in [0.15, 0.2) is 0 Å². The van der Waals surface area contributed by atoms with E-state index in [0.29, 0.717) is 24.9 Å². The predicted molar refractivity (Wildman–Crippen MR) is 90.6 cm³/mol. The van der Waals surface area contributed by atoms with E-state index in [-0.39, 0.29) is 17.2 Å². The molecule has 1 amide bonds. The zero-order chi connectivity index (χ0) is 17.1. The Morgan fingerprint density at radius 1 is 1.18 bits per heavy atom. The van der Waals surface area contributed by atoms with Gasteiger partial charge in [-0.05, 0) is 39.0 Å². The quantitative estimate of drug-likeness (QED) is 0.768. The maximum absolute atomic E-state index is 12.6. The van der Waals surface area contributed by atoms with Crippen LogP contribution in [0.25, 0.3) is 0 Å². The number of hydrogen-bond donors (Lipinski definition) is 0. The van der Waals surface area contributed by atoms with Crippen molar-refractivity contribution in [2.45, 2.75) is 46.6 Å². The fourth-order valence-corrected chi connectivity index (χ4v) is 3.61. The molecule has 1 heterocycles. The highest BCUT2D eigenvalue weighted by atomic mass is 32.2. The molecule has 0 saturated carbocycles. The molecule has 0 aromatic heterocycles. The predicted octanol–water partition coefficient (Wildman–Crippen LogP) is 1.64. The molecule has 0 aromatic carbocycles. The lowest BCUT2D eigenvalue weighted by molar-refractivity contribution is -0.136. The molecule has 0 radical (unpaired) electrons. The summed E-state index contributed by atoms with van der Waals surface area (Å²) in [4.78, 5) is 16.5. The van der Waals surface area contributed by atoms with Crippen molar-refractivity contribution in [2.24, 2.45) is 11.8 Å². The summed E-state index contributed by atoms with van der Waals surface area (Å²) in [5.74, 6) is 1.27. The fraction of sp³-hybridized carbons (Fsp3) is 0.938. The number of sulfone groups is 1. The van der Waals surface area contributed by atoms with Crippen molar-refractivity contribution < 1.29 is 13.2 Å². The van der Waals surface area contributed by atoms with Gasteiger partial charge in [-0.3, -0.25) is 9.69 Å². The molecule has 2 unspecified atom stereocenters. The van der Waals surface area contributed by atoms with Crippen LogP contribution >= 0.6 is 0 Å². The third-order valence-corrected chi connectivity index (χ3v) is 5.15. The van der Waals surface area contributed by atoms with E-state index >= 15 is 0 Å². The van der Waals surface area contributed by atoms with Gasteiger partial charge in [0.1, 0.15) is 9.84 Å². The molecule has 1 saturated heterocycles. The van der Waals surface area contributed by atoms with Gasteiger partial charge in [0.2, 0.25) is 5.91 Å². The first-order chi connectivity index (χ1) is 9.88. The monoisotopic (exact) mass is 332 g/mol. The second-order valence-corrected chi connectivity index (χ2v) is 10.2. The molecule has 5 nitrogen and oxygen atoms in total. The summed E-state index contributed by atoms with van der Waals surface area (Å²) in [7, 11) is -3.02. The second-order valence-electron chi connectivity index (χ2n) is 7.97. The van der Waals surface area contributed by atoms with Gasteiger partial charge in [-0.2, -0.15) is 0 Å². The molecule has 0 N–H and O–H groups in total. The van der Waals surface area contributed by atoms with Crippen LogP contribution in [0, 0.1) is 11.8 Å². The van der Waals surface area contributed by atoms with Crippen molar-refractivity contribution in [1.29, 1.82) is 0 Å². The molecule has 130 valence electrons. The number of likely N-dealkylation sites (tertiary alicyclic amines) is 1. The minimum Gasteiger partial charge on any atom is -0.341 e. The highest BCUT2D eigenvalue weighted by Crippen LogP contribution is 2.22. The molecule has 6 heteroatoms. The van der Waals surface area contributed by atoms with Crippen LogP contribution in [0.2, 0.25) is 0 Å². The average Bonchev–Trinajstić information content (AvgIpc) is 2.30. The fourth-order valence-electron chi connectivity index (χ4n) is 3.06. The molecule has 0 spiro atoms. The van der Waals surface area contributed by atoms with Gasteiger partial charge in [-0.15, -0.1) is 0 Å². The van der Waals surface area contributed by atoms with Crippen LogP contribution in [0.4, 0.5) is 0 Å². The summed E-state index contributed by atoms with van der Waals surface area (Å²) < 4.78 is 22.8. The van der Waals surface area contributed by atoms with Crippen LogP contribution in [-0.4, -0.2) is 67.9 Å². The van der Waals surface area contributed by atoms with Crippen molar-refractivity contribution in [2.75, 3.05) is 38.2 Å². The van der Waals surface area contributed by atoms with Crippen LogP contribution in [0.5, 0.6) is 0 Å². The maximum Gasteiger partial charge on any atom is 0.236 e. The first kappa shape index (κ1) is 19.4. The molecule has 1 aliphatic heterocycles. The Morgan fingerprint density at radius 2 is 1.68 bits per heavy atom. The minimum absolute atomic E-state index is 0.0877. The van der Waals surface area contributed by atoms with Crippen LogP contribution in [0.15, 0.2) is 0 Å².